The van der Waals surface area contributed by atoms with Crippen molar-refractivity contribution in [3.8, 4) is 29.1 Å². The molecule has 5 aliphatic heterocycles. The Kier molecular flexibility index (Phi) is 6.14. The van der Waals surface area contributed by atoms with Gasteiger partial charge in [-0.1, -0.05) is 6.07 Å². The zero-order valence-electron chi connectivity index (χ0n) is 23.8. The molecule has 0 spiro atoms. The summed E-state index contributed by atoms with van der Waals surface area (Å²) >= 11 is 1.61. The number of esters is 1. The first-order chi connectivity index (χ1) is 19.7. The van der Waals surface area contributed by atoms with Crippen LogP contribution in [0, 0.1) is 32.1 Å². The van der Waals surface area contributed by atoms with Gasteiger partial charge >= 0.3 is 5.97 Å². The maximum absolute atomic E-state index is 12.9. The van der Waals surface area contributed by atoms with E-state index < -0.39 is 24.1 Å². The first-order valence-corrected chi connectivity index (χ1v) is 15.0. The third-order valence-corrected chi connectivity index (χ3v) is 11.3. The van der Waals surface area contributed by atoms with E-state index in [1.54, 1.807) is 18.9 Å². The van der Waals surface area contributed by atoms with Crippen LogP contribution >= 0.6 is 11.8 Å². The zero-order valence-corrected chi connectivity index (χ0v) is 24.6. The molecule has 7 atom stereocenters. The van der Waals surface area contributed by atoms with E-state index in [2.05, 4.69) is 28.9 Å². The second-order valence-corrected chi connectivity index (χ2v) is 12.9. The molecule has 7 rings (SSSR count). The summed E-state index contributed by atoms with van der Waals surface area (Å²) < 4.78 is 23.6. The quantitative estimate of drug-likeness (QED) is 0.485. The number of rotatable bonds is 1. The van der Waals surface area contributed by atoms with Crippen LogP contribution in [-0.4, -0.2) is 78.4 Å². The number of nitriles is 1. The number of methoxy groups -OCH3 is 1. The Balaban J connectivity index is 1.54. The molecular weight excluding hydrogens is 544 g/mol. The lowest BCUT2D eigenvalue weighted by Gasteiger charge is -2.62. The lowest BCUT2D eigenvalue weighted by Crippen LogP contribution is -2.69. The third-order valence-electron chi connectivity index (χ3n) is 9.83. The summed E-state index contributed by atoms with van der Waals surface area (Å²) in [5.74, 6) is 1.88. The minimum Gasteiger partial charge on any atom is -0.504 e. The van der Waals surface area contributed by atoms with Crippen LogP contribution in [0.4, 0.5) is 0 Å². The number of thioether (sulfide) groups is 1. The average Bonchev–Trinajstić information content (AvgIpc) is 3.44. The number of nitrogens with zero attached hydrogens (tertiary/aromatic N) is 3. The number of benzene rings is 2. The molecule has 0 aliphatic carbocycles. The van der Waals surface area contributed by atoms with Crippen molar-refractivity contribution in [1.82, 2.24) is 9.80 Å². The molecule has 5 aliphatic rings. The van der Waals surface area contributed by atoms with Crippen molar-refractivity contribution in [1.29, 1.82) is 5.26 Å². The van der Waals surface area contributed by atoms with E-state index in [1.807, 2.05) is 20.9 Å². The van der Waals surface area contributed by atoms with Crippen molar-refractivity contribution in [3.63, 3.8) is 0 Å². The molecule has 0 radical (unpaired) electrons. The highest BCUT2D eigenvalue weighted by Crippen LogP contribution is 2.62. The molecule has 4 bridgehead atoms. The molecule has 2 aromatic rings. The Morgan fingerprint density at radius 1 is 1.15 bits per heavy atom. The van der Waals surface area contributed by atoms with E-state index in [-0.39, 0.29) is 42.5 Å². The summed E-state index contributed by atoms with van der Waals surface area (Å²) in [5.41, 5.74) is 13.2. The standard InChI is InChI=1S/C30H34N4O6S/c1-12-6-15-7-17-18(8-31)34-19-9-38-30(36)16(32)10-41-29(20-13(2)14(3)27-28(22(19)20)40-11-39-27)24(34)23(33(17)4)21(15)25(35)26(12)37-5/h6,16-19,23-24,29,35H,7,9-11,32H2,1-5H3/t16?,17-,18+,19+,23-,24-,29-/m1/s1. The number of piperazine rings is 1. The Bertz CT molecular complexity index is 1520. The largest absolute Gasteiger partial charge is 0.504 e. The Morgan fingerprint density at radius 3 is 2.63 bits per heavy atom. The first-order valence-electron chi connectivity index (χ1n) is 13.9. The van der Waals surface area contributed by atoms with Gasteiger partial charge in [0.15, 0.2) is 23.0 Å². The molecule has 0 aromatic heterocycles. The molecule has 41 heavy (non-hydrogen) atoms. The van der Waals surface area contributed by atoms with E-state index in [0.29, 0.717) is 29.4 Å². The Hall–Kier alpha value is -3.17. The maximum atomic E-state index is 12.9. The van der Waals surface area contributed by atoms with Gasteiger partial charge in [-0.3, -0.25) is 14.6 Å². The predicted octanol–water partition coefficient (Wildman–Crippen LogP) is 2.94. The molecule has 3 N–H and O–H groups in total. The van der Waals surface area contributed by atoms with Crippen molar-refractivity contribution in [2.75, 3.05) is 33.3 Å². The fourth-order valence-electron chi connectivity index (χ4n) is 7.94. The lowest BCUT2D eigenvalue weighted by atomic mass is 9.71. The molecule has 11 heteroatoms. The van der Waals surface area contributed by atoms with Crippen LogP contribution in [0.5, 0.6) is 23.0 Å². The molecule has 5 heterocycles. The minimum atomic E-state index is -0.776. The highest BCUT2D eigenvalue weighted by atomic mass is 32.2. The number of cyclic esters (lactones) is 1. The molecule has 2 saturated heterocycles. The fourth-order valence-corrected chi connectivity index (χ4v) is 9.44. The molecule has 0 amide bonds. The topological polar surface area (TPSA) is 131 Å². The van der Waals surface area contributed by atoms with Crippen LogP contribution in [0.1, 0.15) is 56.3 Å². The van der Waals surface area contributed by atoms with Crippen molar-refractivity contribution >= 4 is 17.7 Å². The molecule has 1 unspecified atom stereocenters. The smallest absolute Gasteiger partial charge is 0.323 e. The van der Waals surface area contributed by atoms with Crippen LogP contribution in [0.2, 0.25) is 0 Å². The van der Waals surface area contributed by atoms with Crippen molar-refractivity contribution in [3.05, 3.63) is 45.0 Å². The van der Waals surface area contributed by atoms with Crippen LogP contribution in [0.25, 0.3) is 0 Å². The summed E-state index contributed by atoms with van der Waals surface area (Å²) in [7, 11) is 3.62. The number of phenols is 1. The van der Waals surface area contributed by atoms with Crippen LogP contribution < -0.4 is 19.9 Å². The summed E-state index contributed by atoms with van der Waals surface area (Å²) in [6.45, 7) is 6.22. The van der Waals surface area contributed by atoms with E-state index in [9.17, 15) is 15.2 Å². The van der Waals surface area contributed by atoms with E-state index in [0.717, 1.165) is 38.9 Å². The minimum absolute atomic E-state index is 0.0309. The van der Waals surface area contributed by atoms with Crippen LogP contribution in [0.15, 0.2) is 6.07 Å². The normalized spacial score (nSPS) is 31.9. The molecule has 2 aromatic carbocycles. The van der Waals surface area contributed by atoms with Crippen molar-refractivity contribution in [2.24, 2.45) is 5.73 Å². The fraction of sp³-hybridized carbons (Fsp3) is 0.533. The van der Waals surface area contributed by atoms with E-state index in [1.165, 1.54) is 0 Å². The number of fused-ring (bicyclic) bond motifs is 9. The Morgan fingerprint density at radius 2 is 1.90 bits per heavy atom. The SMILES string of the molecule is COc1c(C)cc2c(c1O)[C@@H]1[C@@H]3[C@@H]4SCC(N)C(=O)OC[C@@H](c5c6c(c(C)c(C)c54)OCO6)N3[C@@H](C#N)[C@@H](C2)N1C. The van der Waals surface area contributed by atoms with Gasteiger partial charge in [0.2, 0.25) is 6.79 Å². The van der Waals surface area contributed by atoms with Gasteiger partial charge in [0.05, 0.1) is 25.3 Å². The molecule has 0 saturated carbocycles. The van der Waals surface area contributed by atoms with Gasteiger partial charge in [-0.05, 0) is 62.1 Å². The van der Waals surface area contributed by atoms with Gasteiger partial charge in [-0.25, -0.2) is 0 Å². The predicted molar refractivity (Wildman–Crippen MR) is 151 cm³/mol. The number of carbonyl (C=O) groups excluding carboxylic acids is 1. The van der Waals surface area contributed by atoms with Gasteiger partial charge in [-0.2, -0.15) is 5.26 Å². The second-order valence-electron chi connectivity index (χ2n) is 11.7. The van der Waals surface area contributed by atoms with Gasteiger partial charge in [-0.15, -0.1) is 11.8 Å². The molecule has 216 valence electrons. The number of phenolic OH excluding ortho intramolecular Hbond substituents is 1. The summed E-state index contributed by atoms with van der Waals surface area (Å²) in [5, 5.41) is 22.3. The number of nitrogens with two attached hydrogens (primary N) is 1. The van der Waals surface area contributed by atoms with Crippen LogP contribution in [-0.2, 0) is 16.0 Å². The van der Waals surface area contributed by atoms with Crippen LogP contribution in [0.3, 0.4) is 0 Å². The third kappa shape index (κ3) is 3.51. The van der Waals surface area contributed by atoms with Gasteiger partial charge in [0.1, 0.15) is 18.7 Å². The highest BCUT2D eigenvalue weighted by molar-refractivity contribution is 7.99. The molecule has 2 fully saturated rings. The highest BCUT2D eigenvalue weighted by Gasteiger charge is 2.60. The lowest BCUT2D eigenvalue weighted by molar-refractivity contribution is -0.150. The van der Waals surface area contributed by atoms with E-state index in [4.69, 9.17) is 24.7 Å². The first kappa shape index (κ1) is 26.7. The number of aryl methyl sites for hydroxylation is 1. The summed E-state index contributed by atoms with van der Waals surface area (Å²) in [6, 6.07) is 2.33. The van der Waals surface area contributed by atoms with Gasteiger partial charge < -0.3 is 29.8 Å². The number of hydrogen-bond acceptors (Lipinski definition) is 11. The number of carbonyl (C=O) groups is 1. The van der Waals surface area contributed by atoms with Crippen molar-refractivity contribution < 1.29 is 28.8 Å². The zero-order chi connectivity index (χ0) is 28.9. The average molecular weight is 579 g/mol. The summed E-state index contributed by atoms with van der Waals surface area (Å²) in [6.07, 6.45) is 0.592. The number of likely N-dealkylation sites (N-methyl/N-ethyl adjacent to an activating group) is 1. The second kappa shape index (κ2) is 9.42. The van der Waals surface area contributed by atoms with Gasteiger partial charge in [0.25, 0.3) is 0 Å². The monoisotopic (exact) mass is 578 g/mol. The number of aromatic hydroxyl groups is 1. The van der Waals surface area contributed by atoms with E-state index >= 15 is 0 Å². The molecule has 10 nitrogen and oxygen atoms in total. The maximum Gasteiger partial charge on any atom is 0.323 e. The summed E-state index contributed by atoms with van der Waals surface area (Å²) in [4.78, 5) is 17.4. The van der Waals surface area contributed by atoms with Gasteiger partial charge in [0, 0.05) is 34.2 Å². The number of hydrogen-bond donors (Lipinski definition) is 2. The number of ether oxygens (including phenoxy) is 4. The Labute approximate surface area is 243 Å². The molecular formula is C30H34N4O6S. The van der Waals surface area contributed by atoms with Crippen molar-refractivity contribution in [2.45, 2.75) is 68.7 Å².